The third kappa shape index (κ3) is 2.41. The number of nitrogens with one attached hydrogen (secondary N) is 2. The normalized spacial score (nSPS) is 12.2. The van der Waals surface area contributed by atoms with Crippen LogP contribution in [-0.4, -0.2) is 17.0 Å². The lowest BCUT2D eigenvalue weighted by Crippen LogP contribution is -2.19. The molecule has 1 aromatic carbocycles. The van der Waals surface area contributed by atoms with Gasteiger partial charge in [0, 0.05) is 24.1 Å². The molecule has 6 heteroatoms. The average molecular weight is 279 g/mol. The van der Waals surface area contributed by atoms with Crippen LogP contribution in [0.15, 0.2) is 23.0 Å². The Hall–Kier alpha value is -2.24. The lowest BCUT2D eigenvalue weighted by atomic mass is 9.94. The summed E-state index contributed by atoms with van der Waals surface area (Å²) in [5.41, 5.74) is 0.278. The Morgan fingerprint density at radius 2 is 1.90 bits per heavy atom. The Morgan fingerprint density at radius 3 is 2.45 bits per heavy atom. The van der Waals surface area contributed by atoms with Crippen molar-refractivity contribution in [2.75, 3.05) is 12.4 Å². The molecule has 0 spiro atoms. The molecule has 0 amide bonds. The maximum absolute atomic E-state index is 13.8. The van der Waals surface area contributed by atoms with Crippen LogP contribution in [0, 0.1) is 18.6 Å². The maximum atomic E-state index is 13.8. The van der Waals surface area contributed by atoms with Crippen molar-refractivity contribution in [3.05, 3.63) is 57.0 Å². The highest BCUT2D eigenvalue weighted by atomic mass is 19.1. The monoisotopic (exact) mass is 279 g/mol. The Balaban J connectivity index is 2.62. The van der Waals surface area contributed by atoms with Gasteiger partial charge in [-0.05, 0) is 19.1 Å². The van der Waals surface area contributed by atoms with Crippen molar-refractivity contribution in [3.8, 4) is 0 Å². The molecule has 0 aliphatic rings. The van der Waals surface area contributed by atoms with Crippen LogP contribution in [0.3, 0.4) is 0 Å². The molecule has 2 N–H and O–H groups in total. The number of anilines is 1. The fourth-order valence-corrected chi connectivity index (χ4v) is 2.15. The summed E-state index contributed by atoms with van der Waals surface area (Å²) in [4.78, 5) is 18.5. The summed E-state index contributed by atoms with van der Waals surface area (Å²) in [5, 5.41) is 2.72. The Morgan fingerprint density at radius 1 is 1.30 bits per heavy atom. The van der Waals surface area contributed by atoms with E-state index in [2.05, 4.69) is 15.3 Å². The van der Waals surface area contributed by atoms with Crippen molar-refractivity contribution in [2.24, 2.45) is 0 Å². The fourth-order valence-electron chi connectivity index (χ4n) is 2.15. The first-order valence-electron chi connectivity index (χ1n) is 6.18. The number of benzene rings is 1. The predicted octanol–water partition coefficient (Wildman–Crippen LogP) is 2.55. The zero-order valence-electron chi connectivity index (χ0n) is 11.4. The highest BCUT2D eigenvalue weighted by molar-refractivity contribution is 5.36. The van der Waals surface area contributed by atoms with Crippen LogP contribution >= 0.6 is 0 Å². The molecule has 0 bridgehead atoms. The van der Waals surface area contributed by atoms with Gasteiger partial charge in [0.2, 0.25) is 5.95 Å². The zero-order chi connectivity index (χ0) is 14.9. The first-order valence-corrected chi connectivity index (χ1v) is 6.18. The summed E-state index contributed by atoms with van der Waals surface area (Å²) in [6.07, 6.45) is 0. The van der Waals surface area contributed by atoms with Crippen molar-refractivity contribution in [2.45, 2.75) is 19.8 Å². The van der Waals surface area contributed by atoms with Gasteiger partial charge in [-0.1, -0.05) is 13.0 Å². The second-order valence-corrected chi connectivity index (χ2v) is 4.53. The minimum atomic E-state index is -0.661. The summed E-state index contributed by atoms with van der Waals surface area (Å²) in [6, 6.07) is 3.69. The predicted molar refractivity (Wildman–Crippen MR) is 73.0 cm³/mol. The number of aromatic amines is 1. The Bertz CT molecular complexity index is 677. The topological polar surface area (TPSA) is 57.8 Å². The maximum Gasteiger partial charge on any atom is 0.255 e. The highest BCUT2D eigenvalue weighted by Gasteiger charge is 2.22. The Labute approximate surface area is 114 Å². The van der Waals surface area contributed by atoms with E-state index >= 15 is 0 Å². The van der Waals surface area contributed by atoms with Crippen LogP contribution in [0.5, 0.6) is 0 Å². The smallest absolute Gasteiger partial charge is 0.255 e. The number of nitrogens with zero attached hydrogens (tertiary/aromatic N) is 1. The summed E-state index contributed by atoms with van der Waals surface area (Å²) in [5.74, 6) is -1.69. The average Bonchev–Trinajstić information content (AvgIpc) is 2.41. The van der Waals surface area contributed by atoms with E-state index < -0.39 is 17.6 Å². The van der Waals surface area contributed by atoms with Crippen LogP contribution < -0.4 is 10.9 Å². The molecule has 1 atom stereocenters. The van der Waals surface area contributed by atoms with Gasteiger partial charge in [-0.15, -0.1) is 0 Å². The van der Waals surface area contributed by atoms with E-state index in [9.17, 15) is 13.6 Å². The molecule has 2 aromatic rings. The first-order chi connectivity index (χ1) is 9.45. The number of H-pyrrole nitrogens is 1. The van der Waals surface area contributed by atoms with E-state index in [1.165, 1.54) is 18.2 Å². The van der Waals surface area contributed by atoms with Crippen molar-refractivity contribution in [3.63, 3.8) is 0 Å². The minimum absolute atomic E-state index is 0.0873. The summed E-state index contributed by atoms with van der Waals surface area (Å²) < 4.78 is 27.7. The van der Waals surface area contributed by atoms with Gasteiger partial charge in [0.05, 0.1) is 5.69 Å². The van der Waals surface area contributed by atoms with Crippen LogP contribution in [0.25, 0.3) is 0 Å². The van der Waals surface area contributed by atoms with Gasteiger partial charge in [-0.2, -0.15) is 0 Å². The second kappa shape index (κ2) is 5.40. The van der Waals surface area contributed by atoms with Crippen molar-refractivity contribution >= 4 is 5.95 Å². The van der Waals surface area contributed by atoms with Gasteiger partial charge in [-0.3, -0.25) is 9.78 Å². The molecule has 0 fully saturated rings. The molecule has 0 aliphatic heterocycles. The van der Waals surface area contributed by atoms with E-state index in [1.807, 2.05) is 0 Å². The van der Waals surface area contributed by atoms with Crippen molar-refractivity contribution in [1.29, 1.82) is 0 Å². The Kier molecular flexibility index (Phi) is 3.83. The quantitative estimate of drug-likeness (QED) is 0.907. The van der Waals surface area contributed by atoms with E-state index in [0.717, 1.165) is 0 Å². The lowest BCUT2D eigenvalue weighted by Gasteiger charge is -2.16. The van der Waals surface area contributed by atoms with E-state index in [0.29, 0.717) is 11.3 Å². The molecular formula is C14H15F2N3O. The standard InChI is InChI=1S/C14H15F2N3O/c1-7(11-9(15)5-4-6-10(11)16)12-8(2)13(20)19-14(17-3)18-12/h4-7H,1-3H3,(H2,17,18,19,20). The molecule has 1 heterocycles. The van der Waals surface area contributed by atoms with Gasteiger partial charge >= 0.3 is 0 Å². The largest absolute Gasteiger partial charge is 0.359 e. The highest BCUT2D eigenvalue weighted by Crippen LogP contribution is 2.28. The molecule has 2 rings (SSSR count). The SMILES string of the molecule is CNc1nc(C(C)c2c(F)cccc2F)c(C)c(=O)[nH]1. The van der Waals surface area contributed by atoms with Crippen molar-refractivity contribution in [1.82, 2.24) is 9.97 Å². The van der Waals surface area contributed by atoms with Gasteiger partial charge in [0.15, 0.2) is 0 Å². The van der Waals surface area contributed by atoms with E-state index in [-0.39, 0.29) is 17.1 Å². The van der Waals surface area contributed by atoms with Crippen LogP contribution in [-0.2, 0) is 0 Å². The molecule has 0 saturated carbocycles. The summed E-state index contributed by atoms with van der Waals surface area (Å²) in [7, 11) is 1.60. The van der Waals surface area contributed by atoms with Gasteiger partial charge in [0.25, 0.3) is 5.56 Å². The van der Waals surface area contributed by atoms with Crippen LogP contribution in [0.4, 0.5) is 14.7 Å². The zero-order valence-corrected chi connectivity index (χ0v) is 11.4. The summed E-state index contributed by atoms with van der Waals surface area (Å²) >= 11 is 0. The number of halogens is 2. The third-order valence-electron chi connectivity index (χ3n) is 3.27. The second-order valence-electron chi connectivity index (χ2n) is 4.53. The fraction of sp³-hybridized carbons (Fsp3) is 0.286. The van der Waals surface area contributed by atoms with E-state index in [1.54, 1.807) is 20.9 Å². The van der Waals surface area contributed by atoms with E-state index in [4.69, 9.17) is 0 Å². The molecule has 1 unspecified atom stereocenters. The molecular weight excluding hydrogens is 264 g/mol. The van der Waals surface area contributed by atoms with Gasteiger partial charge in [0.1, 0.15) is 11.6 Å². The first kappa shape index (κ1) is 14.2. The third-order valence-corrected chi connectivity index (χ3v) is 3.27. The molecule has 106 valence electrons. The van der Waals surface area contributed by atoms with Crippen molar-refractivity contribution < 1.29 is 8.78 Å². The number of hydrogen-bond donors (Lipinski definition) is 2. The number of rotatable bonds is 3. The lowest BCUT2D eigenvalue weighted by molar-refractivity contribution is 0.544. The molecule has 20 heavy (non-hydrogen) atoms. The van der Waals surface area contributed by atoms with Gasteiger partial charge in [-0.25, -0.2) is 13.8 Å². The number of aromatic nitrogens is 2. The molecule has 1 aromatic heterocycles. The summed E-state index contributed by atoms with van der Waals surface area (Å²) in [6.45, 7) is 3.20. The minimum Gasteiger partial charge on any atom is -0.359 e. The van der Waals surface area contributed by atoms with Crippen LogP contribution in [0.2, 0.25) is 0 Å². The van der Waals surface area contributed by atoms with Crippen LogP contribution in [0.1, 0.15) is 29.7 Å². The molecule has 0 saturated heterocycles. The number of hydrogen-bond acceptors (Lipinski definition) is 3. The molecule has 0 aliphatic carbocycles. The molecule has 0 radical (unpaired) electrons. The van der Waals surface area contributed by atoms with Gasteiger partial charge < -0.3 is 5.32 Å². The molecule has 4 nitrogen and oxygen atoms in total.